The van der Waals surface area contributed by atoms with Gasteiger partial charge in [-0.15, -0.1) is 0 Å². The van der Waals surface area contributed by atoms with Gasteiger partial charge < -0.3 is 0 Å². The van der Waals surface area contributed by atoms with Gasteiger partial charge in [-0.2, -0.15) is 0 Å². The average Bonchev–Trinajstić information content (AvgIpc) is 2.56. The number of Topliss-reactive ketones (excluding diaryl/α,β-unsaturated/α-hetero) is 1. The van der Waals surface area contributed by atoms with Gasteiger partial charge in [-0.25, -0.2) is 0 Å². The molecule has 0 aliphatic rings. The van der Waals surface area contributed by atoms with Crippen molar-refractivity contribution in [1.29, 1.82) is 0 Å². The summed E-state index contributed by atoms with van der Waals surface area (Å²) in [4.78, 5) is 12.0. The highest BCUT2D eigenvalue weighted by Gasteiger charge is 2.14. The lowest BCUT2D eigenvalue weighted by molar-refractivity contribution is 0.101. The Morgan fingerprint density at radius 1 is 0.773 bits per heavy atom. The molecule has 0 heterocycles. The Labute approximate surface area is 135 Å². The molecule has 3 aromatic rings. The minimum Gasteiger partial charge on any atom is -0.294 e. The Morgan fingerprint density at radius 3 is 1.77 bits per heavy atom. The molecule has 0 aliphatic carbocycles. The molecular formula is C20H15ClO. The highest BCUT2D eigenvalue weighted by Crippen LogP contribution is 2.35. The molecule has 108 valence electrons. The molecule has 3 rings (SSSR count). The Morgan fingerprint density at radius 2 is 1.27 bits per heavy atom. The minimum absolute atomic E-state index is 0.0142. The molecule has 0 fully saturated rings. The summed E-state index contributed by atoms with van der Waals surface area (Å²) in [5.41, 5.74) is 4.56. The summed E-state index contributed by atoms with van der Waals surface area (Å²) in [7, 11) is 0. The molecule has 0 unspecified atom stereocenters. The van der Waals surface area contributed by atoms with Gasteiger partial charge in [-0.3, -0.25) is 4.79 Å². The van der Waals surface area contributed by atoms with Crippen molar-refractivity contribution in [2.24, 2.45) is 0 Å². The molecule has 0 saturated heterocycles. The summed E-state index contributed by atoms with van der Waals surface area (Å²) in [6.45, 7) is 1.57. The van der Waals surface area contributed by atoms with Crippen LogP contribution in [0.15, 0.2) is 72.8 Å². The van der Waals surface area contributed by atoms with Crippen molar-refractivity contribution in [2.75, 3.05) is 0 Å². The van der Waals surface area contributed by atoms with Crippen LogP contribution in [0, 0.1) is 0 Å². The van der Waals surface area contributed by atoms with Gasteiger partial charge in [0.1, 0.15) is 0 Å². The highest BCUT2D eigenvalue weighted by atomic mass is 35.5. The van der Waals surface area contributed by atoms with Crippen molar-refractivity contribution < 1.29 is 4.79 Å². The lowest BCUT2D eigenvalue weighted by Crippen LogP contribution is -1.97. The van der Waals surface area contributed by atoms with Crippen LogP contribution in [0.1, 0.15) is 17.3 Å². The van der Waals surface area contributed by atoms with Crippen LogP contribution in [-0.2, 0) is 0 Å². The number of ketones is 1. The maximum Gasteiger partial charge on any atom is 0.160 e. The molecule has 3 aromatic carbocycles. The zero-order chi connectivity index (χ0) is 15.5. The molecule has 0 N–H and O–H groups in total. The van der Waals surface area contributed by atoms with Crippen molar-refractivity contribution in [3.05, 3.63) is 83.4 Å². The normalized spacial score (nSPS) is 10.5. The van der Waals surface area contributed by atoms with Gasteiger partial charge in [-0.1, -0.05) is 72.3 Å². The van der Waals surface area contributed by atoms with E-state index in [2.05, 4.69) is 0 Å². The Kier molecular flexibility index (Phi) is 4.08. The first-order valence-electron chi connectivity index (χ1n) is 7.12. The number of benzene rings is 3. The molecule has 0 bridgehead atoms. The summed E-state index contributed by atoms with van der Waals surface area (Å²) >= 11 is 6.42. The fraction of sp³-hybridized carbons (Fsp3) is 0.0500. The van der Waals surface area contributed by atoms with Gasteiger partial charge in [0.05, 0.1) is 0 Å². The van der Waals surface area contributed by atoms with Crippen molar-refractivity contribution in [3.8, 4) is 22.3 Å². The SMILES string of the molecule is CC(=O)c1cc(Cl)c(-c2ccccc2)cc1-c1ccccc1. The predicted molar refractivity (Wildman–Crippen MR) is 92.3 cm³/mol. The van der Waals surface area contributed by atoms with Crippen molar-refractivity contribution >= 4 is 17.4 Å². The van der Waals surface area contributed by atoms with Gasteiger partial charge in [0.25, 0.3) is 0 Å². The standard InChI is InChI=1S/C20H15ClO/c1-14(22)17-13-20(21)19(16-10-6-3-7-11-16)12-18(17)15-8-4-2-5-9-15/h2-13H,1H3. The average molecular weight is 307 g/mol. The predicted octanol–water partition coefficient (Wildman–Crippen LogP) is 5.88. The number of hydrogen-bond donors (Lipinski definition) is 0. The second-order valence-electron chi connectivity index (χ2n) is 5.17. The van der Waals surface area contributed by atoms with Crippen LogP contribution in [0.3, 0.4) is 0 Å². The third-order valence-corrected chi connectivity index (χ3v) is 3.97. The van der Waals surface area contributed by atoms with Crippen LogP contribution in [0.5, 0.6) is 0 Å². The quantitative estimate of drug-likeness (QED) is 0.552. The smallest absolute Gasteiger partial charge is 0.160 e. The van der Waals surface area contributed by atoms with Gasteiger partial charge in [0, 0.05) is 16.1 Å². The van der Waals surface area contributed by atoms with Crippen LogP contribution in [-0.4, -0.2) is 5.78 Å². The van der Waals surface area contributed by atoms with Crippen LogP contribution in [0.25, 0.3) is 22.3 Å². The number of hydrogen-bond acceptors (Lipinski definition) is 1. The van der Waals surface area contributed by atoms with E-state index in [-0.39, 0.29) is 5.78 Å². The number of carbonyl (C=O) groups excluding carboxylic acids is 1. The first kappa shape index (κ1) is 14.6. The van der Waals surface area contributed by atoms with Gasteiger partial charge >= 0.3 is 0 Å². The molecule has 0 saturated carbocycles. The third kappa shape index (κ3) is 2.81. The number of rotatable bonds is 3. The molecule has 0 aromatic heterocycles. The molecule has 1 nitrogen and oxygen atoms in total. The summed E-state index contributed by atoms with van der Waals surface area (Å²) < 4.78 is 0. The van der Waals surface area contributed by atoms with E-state index in [9.17, 15) is 4.79 Å². The van der Waals surface area contributed by atoms with E-state index in [0.29, 0.717) is 10.6 Å². The maximum absolute atomic E-state index is 12.0. The van der Waals surface area contributed by atoms with Gasteiger partial charge in [0.2, 0.25) is 0 Å². The summed E-state index contributed by atoms with van der Waals surface area (Å²) in [5, 5.41) is 0.594. The van der Waals surface area contributed by atoms with E-state index in [4.69, 9.17) is 11.6 Å². The monoisotopic (exact) mass is 306 g/mol. The van der Waals surface area contributed by atoms with E-state index in [0.717, 1.165) is 22.3 Å². The van der Waals surface area contributed by atoms with Crippen LogP contribution < -0.4 is 0 Å². The molecule has 0 aliphatic heterocycles. The first-order valence-corrected chi connectivity index (χ1v) is 7.50. The largest absolute Gasteiger partial charge is 0.294 e. The third-order valence-electron chi connectivity index (χ3n) is 3.66. The minimum atomic E-state index is 0.0142. The van der Waals surface area contributed by atoms with Gasteiger partial charge in [-0.05, 0) is 35.7 Å². The Hall–Kier alpha value is -2.38. The molecule has 0 amide bonds. The molecule has 0 atom stereocenters. The summed E-state index contributed by atoms with van der Waals surface area (Å²) in [5.74, 6) is 0.0142. The van der Waals surface area contributed by atoms with E-state index < -0.39 is 0 Å². The zero-order valence-electron chi connectivity index (χ0n) is 12.2. The number of carbonyl (C=O) groups is 1. The lowest BCUT2D eigenvalue weighted by atomic mass is 9.93. The van der Waals surface area contributed by atoms with Crippen molar-refractivity contribution in [2.45, 2.75) is 6.92 Å². The van der Waals surface area contributed by atoms with Gasteiger partial charge in [0.15, 0.2) is 5.78 Å². The van der Waals surface area contributed by atoms with Crippen molar-refractivity contribution in [3.63, 3.8) is 0 Å². The summed E-state index contributed by atoms with van der Waals surface area (Å²) in [6.07, 6.45) is 0. The fourth-order valence-electron chi connectivity index (χ4n) is 2.56. The number of halogens is 1. The second-order valence-corrected chi connectivity index (χ2v) is 5.57. The maximum atomic E-state index is 12.0. The van der Waals surface area contributed by atoms with Crippen LogP contribution in [0.2, 0.25) is 5.02 Å². The Balaban J connectivity index is 2.25. The molecule has 0 radical (unpaired) electrons. The molecule has 2 heteroatoms. The van der Waals surface area contributed by atoms with E-state index >= 15 is 0 Å². The first-order chi connectivity index (χ1) is 10.7. The summed E-state index contributed by atoms with van der Waals surface area (Å²) in [6, 6.07) is 23.6. The van der Waals surface area contributed by atoms with Crippen LogP contribution in [0.4, 0.5) is 0 Å². The van der Waals surface area contributed by atoms with Crippen LogP contribution >= 0.6 is 11.6 Å². The molecule has 0 spiro atoms. The van der Waals surface area contributed by atoms with E-state index in [1.807, 2.05) is 66.7 Å². The topological polar surface area (TPSA) is 17.1 Å². The van der Waals surface area contributed by atoms with Crippen molar-refractivity contribution in [1.82, 2.24) is 0 Å². The molecule has 22 heavy (non-hydrogen) atoms. The zero-order valence-corrected chi connectivity index (χ0v) is 13.0. The van der Waals surface area contributed by atoms with E-state index in [1.165, 1.54) is 0 Å². The van der Waals surface area contributed by atoms with E-state index in [1.54, 1.807) is 13.0 Å². The molecular weight excluding hydrogens is 292 g/mol. The highest BCUT2D eigenvalue weighted by molar-refractivity contribution is 6.34. The lowest BCUT2D eigenvalue weighted by Gasteiger charge is -2.13. The second kappa shape index (κ2) is 6.17. The Bertz CT molecular complexity index is 808. The fourth-order valence-corrected chi connectivity index (χ4v) is 2.83.